The summed E-state index contributed by atoms with van der Waals surface area (Å²) in [5, 5.41) is 0. The fraction of sp³-hybridized carbons (Fsp3) is 0.450. The van der Waals surface area contributed by atoms with Gasteiger partial charge in [-0.1, -0.05) is 0 Å². The van der Waals surface area contributed by atoms with Crippen molar-refractivity contribution in [3.8, 4) is 11.3 Å². The molecule has 3 aliphatic rings. The van der Waals surface area contributed by atoms with Gasteiger partial charge >= 0.3 is 6.03 Å². The number of ether oxygens (including phenoxy) is 1. The van der Waals surface area contributed by atoms with Gasteiger partial charge in [0.15, 0.2) is 5.82 Å². The van der Waals surface area contributed by atoms with Crippen LogP contribution in [0.15, 0.2) is 30.5 Å². The largest absolute Gasteiger partial charge is 0.378 e. The molecule has 2 aromatic rings. The molecule has 0 radical (unpaired) electrons. The number of nitrogens with zero attached hydrogens (tertiary/aromatic N) is 5. The van der Waals surface area contributed by atoms with Gasteiger partial charge in [-0.2, -0.15) is 0 Å². The summed E-state index contributed by atoms with van der Waals surface area (Å²) in [6.45, 7) is 6.33. The van der Waals surface area contributed by atoms with Crippen LogP contribution in [0.25, 0.3) is 11.3 Å². The van der Waals surface area contributed by atoms with Crippen molar-refractivity contribution in [3.05, 3.63) is 36.2 Å². The molecule has 0 N–H and O–H groups in total. The predicted octanol–water partition coefficient (Wildman–Crippen LogP) is 2.30. The van der Waals surface area contributed by atoms with Crippen LogP contribution < -0.4 is 9.80 Å². The molecule has 0 spiro atoms. The van der Waals surface area contributed by atoms with Gasteiger partial charge in [0.2, 0.25) is 0 Å². The molecule has 7 nitrogen and oxygen atoms in total. The first kappa shape index (κ1) is 16.5. The van der Waals surface area contributed by atoms with Crippen LogP contribution in [0, 0.1) is 6.92 Å². The van der Waals surface area contributed by atoms with Crippen LogP contribution >= 0.6 is 0 Å². The van der Waals surface area contributed by atoms with Crippen molar-refractivity contribution >= 4 is 17.5 Å². The third-order valence-corrected chi connectivity index (χ3v) is 5.63. The van der Waals surface area contributed by atoms with Gasteiger partial charge in [-0.3, -0.25) is 9.88 Å². The number of fused-ring (bicyclic) bond motifs is 4. The van der Waals surface area contributed by atoms with Gasteiger partial charge in [0.1, 0.15) is 0 Å². The molecule has 0 unspecified atom stereocenters. The maximum Gasteiger partial charge on any atom is 0.326 e. The number of rotatable bonds is 1. The highest BCUT2D eigenvalue weighted by atomic mass is 16.5. The van der Waals surface area contributed by atoms with Crippen LogP contribution in [0.5, 0.6) is 0 Å². The summed E-state index contributed by atoms with van der Waals surface area (Å²) < 4.78 is 5.41. The smallest absolute Gasteiger partial charge is 0.326 e. The molecule has 2 amide bonds. The monoisotopic (exact) mass is 365 g/mol. The molecule has 7 heteroatoms. The Hall–Kier alpha value is -2.67. The summed E-state index contributed by atoms with van der Waals surface area (Å²) in [5.74, 6) is 0.784. The zero-order chi connectivity index (χ0) is 18.4. The Balaban J connectivity index is 1.56. The van der Waals surface area contributed by atoms with Crippen molar-refractivity contribution in [2.75, 3.05) is 49.2 Å². The molecule has 27 heavy (non-hydrogen) atoms. The molecule has 2 aromatic heterocycles. The number of carbonyl (C=O) groups excluding carboxylic acids is 1. The predicted molar refractivity (Wildman–Crippen MR) is 103 cm³/mol. The summed E-state index contributed by atoms with van der Waals surface area (Å²) in [5.41, 5.74) is 3.91. The molecule has 0 saturated carbocycles. The maximum absolute atomic E-state index is 13.3. The summed E-state index contributed by atoms with van der Waals surface area (Å²) in [7, 11) is 0. The lowest BCUT2D eigenvalue weighted by Gasteiger charge is -2.39. The van der Waals surface area contributed by atoms with Crippen LogP contribution in [0.2, 0.25) is 0 Å². The van der Waals surface area contributed by atoms with Crippen molar-refractivity contribution < 1.29 is 9.53 Å². The highest BCUT2D eigenvalue weighted by molar-refractivity contribution is 5.97. The third-order valence-electron chi connectivity index (χ3n) is 5.63. The summed E-state index contributed by atoms with van der Waals surface area (Å²) in [6.07, 6.45) is 2.78. The lowest BCUT2D eigenvalue weighted by Crippen LogP contribution is -2.54. The summed E-state index contributed by atoms with van der Waals surface area (Å²) >= 11 is 0. The SMILES string of the molecule is Cc1cc(-c2ccc3c(n2)N(C(=O)N2CCOCC2)[C@H]2CCN3C2)ccn1. The van der Waals surface area contributed by atoms with Crippen LogP contribution in [-0.2, 0) is 4.74 Å². The number of urea groups is 1. The number of hydrogen-bond acceptors (Lipinski definition) is 5. The van der Waals surface area contributed by atoms with Gasteiger partial charge in [-0.15, -0.1) is 0 Å². The van der Waals surface area contributed by atoms with Gasteiger partial charge in [-0.25, -0.2) is 9.78 Å². The third kappa shape index (κ3) is 2.82. The normalized spacial score (nSPS) is 21.4. The molecule has 1 atom stereocenters. The number of amides is 2. The first-order valence-corrected chi connectivity index (χ1v) is 9.55. The highest BCUT2D eigenvalue weighted by Crippen LogP contribution is 2.40. The Labute approximate surface area is 158 Å². The second-order valence-electron chi connectivity index (χ2n) is 7.37. The van der Waals surface area contributed by atoms with E-state index in [0.717, 1.165) is 48.0 Å². The summed E-state index contributed by atoms with van der Waals surface area (Å²) in [4.78, 5) is 28.7. The van der Waals surface area contributed by atoms with Crippen molar-refractivity contribution in [1.29, 1.82) is 0 Å². The Morgan fingerprint density at radius 3 is 2.85 bits per heavy atom. The molecular formula is C20H23N5O2. The quantitative estimate of drug-likeness (QED) is 0.776. The van der Waals surface area contributed by atoms with Crippen molar-refractivity contribution in [1.82, 2.24) is 14.9 Å². The maximum atomic E-state index is 13.3. The Bertz CT molecular complexity index is 880. The minimum Gasteiger partial charge on any atom is -0.378 e. The number of aromatic nitrogens is 2. The second-order valence-corrected chi connectivity index (χ2v) is 7.37. The van der Waals surface area contributed by atoms with Crippen LogP contribution in [0.1, 0.15) is 12.1 Å². The van der Waals surface area contributed by atoms with E-state index in [1.165, 1.54) is 0 Å². The number of aryl methyl sites for hydroxylation is 1. The van der Waals surface area contributed by atoms with E-state index in [4.69, 9.17) is 9.72 Å². The van der Waals surface area contributed by atoms with Crippen molar-refractivity contribution in [3.63, 3.8) is 0 Å². The number of anilines is 2. The van der Waals surface area contributed by atoms with Gasteiger partial charge < -0.3 is 14.5 Å². The van der Waals surface area contributed by atoms with E-state index in [1.807, 2.05) is 34.9 Å². The summed E-state index contributed by atoms with van der Waals surface area (Å²) in [6, 6.07) is 8.39. The van der Waals surface area contributed by atoms with Crippen LogP contribution in [-0.4, -0.2) is 66.3 Å². The molecular weight excluding hydrogens is 342 g/mol. The molecule has 2 fully saturated rings. The van der Waals surface area contributed by atoms with E-state index in [9.17, 15) is 4.79 Å². The standard InChI is InChI=1S/C20H23N5O2/c1-14-12-15(4-6-21-14)17-2-3-18-19(22-17)25(16-5-7-24(18)13-16)20(26)23-8-10-27-11-9-23/h2-4,6,12,16H,5,7-11,13H2,1H3/t16-/m0/s1. The lowest BCUT2D eigenvalue weighted by atomic mass is 10.1. The Morgan fingerprint density at radius 1 is 1.19 bits per heavy atom. The number of hydrogen-bond donors (Lipinski definition) is 0. The topological polar surface area (TPSA) is 61.8 Å². The Kier molecular flexibility index (Phi) is 3.97. The minimum atomic E-state index is 0.0571. The molecule has 3 aliphatic heterocycles. The van der Waals surface area contributed by atoms with Gasteiger partial charge in [0, 0.05) is 43.6 Å². The number of morpholine rings is 1. The van der Waals surface area contributed by atoms with Crippen molar-refractivity contribution in [2.45, 2.75) is 19.4 Å². The zero-order valence-corrected chi connectivity index (χ0v) is 15.5. The van der Waals surface area contributed by atoms with E-state index < -0.39 is 0 Å². The molecule has 2 saturated heterocycles. The average Bonchev–Trinajstić information content (AvgIpc) is 3.13. The zero-order valence-electron chi connectivity index (χ0n) is 15.5. The first-order valence-electron chi connectivity index (χ1n) is 9.55. The molecule has 0 aliphatic carbocycles. The first-order chi connectivity index (χ1) is 13.2. The highest BCUT2D eigenvalue weighted by Gasteiger charge is 2.41. The van der Waals surface area contributed by atoms with Crippen LogP contribution in [0.3, 0.4) is 0 Å². The average molecular weight is 365 g/mol. The van der Waals surface area contributed by atoms with E-state index in [1.54, 1.807) is 6.20 Å². The van der Waals surface area contributed by atoms with E-state index in [-0.39, 0.29) is 12.1 Å². The molecule has 5 heterocycles. The molecule has 2 bridgehead atoms. The van der Waals surface area contributed by atoms with Crippen molar-refractivity contribution in [2.24, 2.45) is 0 Å². The van der Waals surface area contributed by atoms with E-state index in [0.29, 0.717) is 26.3 Å². The molecule has 140 valence electrons. The van der Waals surface area contributed by atoms with Gasteiger partial charge in [0.25, 0.3) is 0 Å². The van der Waals surface area contributed by atoms with E-state index >= 15 is 0 Å². The lowest BCUT2D eigenvalue weighted by molar-refractivity contribution is 0.0544. The molecule has 5 rings (SSSR count). The van der Waals surface area contributed by atoms with Crippen LogP contribution in [0.4, 0.5) is 16.3 Å². The number of pyridine rings is 2. The fourth-order valence-corrected chi connectivity index (χ4v) is 4.23. The van der Waals surface area contributed by atoms with Gasteiger partial charge in [-0.05, 0) is 37.6 Å². The number of carbonyl (C=O) groups is 1. The van der Waals surface area contributed by atoms with Gasteiger partial charge in [0.05, 0.1) is 30.6 Å². The Morgan fingerprint density at radius 2 is 2.04 bits per heavy atom. The van der Waals surface area contributed by atoms with E-state index in [2.05, 4.69) is 16.0 Å². The second kappa shape index (κ2) is 6.49. The minimum absolute atomic E-state index is 0.0571. The fourth-order valence-electron chi connectivity index (χ4n) is 4.23. The molecule has 0 aromatic carbocycles.